The Kier molecular flexibility index (Phi) is 6.59. The molecule has 0 heterocycles. The van der Waals surface area contributed by atoms with Gasteiger partial charge in [0, 0.05) is 23.6 Å². The molecular formula is C16H21NO4. The molecule has 0 amide bonds. The van der Waals surface area contributed by atoms with Crippen LogP contribution in [0.25, 0.3) is 0 Å². The molecule has 0 saturated carbocycles. The van der Waals surface area contributed by atoms with Crippen LogP contribution in [0.3, 0.4) is 0 Å². The number of nitrogens with zero attached hydrogens (tertiary/aromatic N) is 1. The lowest BCUT2D eigenvalue weighted by molar-refractivity contribution is -0.384. The Hall–Kier alpha value is -2.17. The number of rotatable bonds is 8. The van der Waals surface area contributed by atoms with Crippen LogP contribution in [0, 0.1) is 10.1 Å². The number of allylic oxidation sites excluding steroid dienone is 1. The molecule has 0 spiro atoms. The quantitative estimate of drug-likeness (QED) is 0.335. The molecule has 0 aromatic heterocycles. The molecule has 1 atom stereocenters. The molecule has 1 aromatic carbocycles. The van der Waals surface area contributed by atoms with Crippen molar-refractivity contribution in [1.29, 1.82) is 0 Å². The molecule has 1 rings (SSSR count). The fourth-order valence-electron chi connectivity index (χ4n) is 2.20. The summed E-state index contributed by atoms with van der Waals surface area (Å²) in [6, 6.07) is 6.43. The SMILES string of the molecule is CCCCCC(C=C(C)C(=O)O)c1cccc([N+](=O)[O-])c1. The van der Waals surface area contributed by atoms with Gasteiger partial charge in [-0.15, -0.1) is 0 Å². The first kappa shape index (κ1) is 16.9. The molecule has 5 nitrogen and oxygen atoms in total. The lowest BCUT2D eigenvalue weighted by Gasteiger charge is -2.14. The predicted octanol–water partition coefficient (Wildman–Crippen LogP) is 4.29. The van der Waals surface area contributed by atoms with E-state index in [1.165, 1.54) is 12.1 Å². The summed E-state index contributed by atoms with van der Waals surface area (Å²) in [5.74, 6) is -1.06. The van der Waals surface area contributed by atoms with E-state index in [-0.39, 0.29) is 17.2 Å². The predicted molar refractivity (Wildman–Crippen MR) is 81.4 cm³/mol. The average Bonchev–Trinajstić information content (AvgIpc) is 2.46. The van der Waals surface area contributed by atoms with Gasteiger partial charge in [-0.25, -0.2) is 4.79 Å². The highest BCUT2D eigenvalue weighted by Gasteiger charge is 2.14. The van der Waals surface area contributed by atoms with Gasteiger partial charge < -0.3 is 5.11 Å². The van der Waals surface area contributed by atoms with Crippen LogP contribution < -0.4 is 0 Å². The monoisotopic (exact) mass is 291 g/mol. The first-order valence-electron chi connectivity index (χ1n) is 7.11. The van der Waals surface area contributed by atoms with Gasteiger partial charge >= 0.3 is 5.97 Å². The van der Waals surface area contributed by atoms with Crippen molar-refractivity contribution in [2.75, 3.05) is 0 Å². The van der Waals surface area contributed by atoms with Gasteiger partial charge in [-0.05, 0) is 18.9 Å². The summed E-state index contributed by atoms with van der Waals surface area (Å²) < 4.78 is 0. The number of non-ortho nitro benzene ring substituents is 1. The number of carboxylic acid groups (broad SMARTS) is 1. The van der Waals surface area contributed by atoms with E-state index in [0.29, 0.717) is 0 Å². The number of carboxylic acids is 1. The van der Waals surface area contributed by atoms with Crippen LogP contribution in [-0.2, 0) is 4.79 Å². The molecule has 1 aromatic rings. The first-order valence-corrected chi connectivity index (χ1v) is 7.11. The number of hydrogen-bond donors (Lipinski definition) is 1. The van der Waals surface area contributed by atoms with Gasteiger partial charge in [0.2, 0.25) is 0 Å². The van der Waals surface area contributed by atoms with Crippen LogP contribution in [0.1, 0.15) is 51.0 Å². The van der Waals surface area contributed by atoms with Crippen LogP contribution >= 0.6 is 0 Å². The maximum Gasteiger partial charge on any atom is 0.330 e. The number of nitro groups is 1. The largest absolute Gasteiger partial charge is 0.478 e. The second-order valence-corrected chi connectivity index (χ2v) is 5.11. The summed E-state index contributed by atoms with van der Waals surface area (Å²) in [6.45, 7) is 3.65. The van der Waals surface area contributed by atoms with Crippen molar-refractivity contribution in [3.05, 3.63) is 51.6 Å². The maximum atomic E-state index is 11.0. The fourth-order valence-corrected chi connectivity index (χ4v) is 2.20. The summed E-state index contributed by atoms with van der Waals surface area (Å²) >= 11 is 0. The smallest absolute Gasteiger partial charge is 0.330 e. The van der Waals surface area contributed by atoms with Crippen molar-refractivity contribution in [2.24, 2.45) is 0 Å². The molecule has 0 aliphatic carbocycles. The van der Waals surface area contributed by atoms with Crippen molar-refractivity contribution in [3.8, 4) is 0 Å². The average molecular weight is 291 g/mol. The van der Waals surface area contributed by atoms with E-state index in [1.807, 2.05) is 6.07 Å². The van der Waals surface area contributed by atoms with Crippen LogP contribution in [0.2, 0.25) is 0 Å². The van der Waals surface area contributed by atoms with Gasteiger partial charge in [-0.1, -0.05) is 44.4 Å². The van der Waals surface area contributed by atoms with E-state index >= 15 is 0 Å². The summed E-state index contributed by atoms with van der Waals surface area (Å²) in [5.41, 5.74) is 1.10. The lowest BCUT2D eigenvalue weighted by atomic mass is 9.91. The van der Waals surface area contributed by atoms with E-state index in [9.17, 15) is 14.9 Å². The maximum absolute atomic E-state index is 11.0. The highest BCUT2D eigenvalue weighted by molar-refractivity contribution is 5.85. The third-order valence-electron chi connectivity index (χ3n) is 3.42. The molecule has 0 radical (unpaired) electrons. The molecule has 114 valence electrons. The van der Waals surface area contributed by atoms with Gasteiger partial charge in [0.25, 0.3) is 5.69 Å². The van der Waals surface area contributed by atoms with E-state index in [4.69, 9.17) is 5.11 Å². The van der Waals surface area contributed by atoms with Crippen LogP contribution in [0.4, 0.5) is 5.69 Å². The van der Waals surface area contributed by atoms with Crippen LogP contribution in [-0.4, -0.2) is 16.0 Å². The Morgan fingerprint density at radius 1 is 1.43 bits per heavy atom. The summed E-state index contributed by atoms with van der Waals surface area (Å²) in [7, 11) is 0. The lowest BCUT2D eigenvalue weighted by Crippen LogP contribution is -2.02. The normalized spacial score (nSPS) is 13.0. The second-order valence-electron chi connectivity index (χ2n) is 5.11. The number of benzene rings is 1. The topological polar surface area (TPSA) is 80.4 Å². The molecule has 0 aliphatic rings. The molecule has 21 heavy (non-hydrogen) atoms. The van der Waals surface area contributed by atoms with Crippen LogP contribution in [0.5, 0.6) is 0 Å². The molecule has 5 heteroatoms. The van der Waals surface area contributed by atoms with Crippen molar-refractivity contribution in [3.63, 3.8) is 0 Å². The molecule has 1 unspecified atom stereocenters. The highest BCUT2D eigenvalue weighted by Crippen LogP contribution is 2.28. The number of hydrogen-bond acceptors (Lipinski definition) is 3. The number of aliphatic carboxylic acids is 1. The summed E-state index contributed by atoms with van der Waals surface area (Å²) in [5, 5.41) is 19.9. The van der Waals surface area contributed by atoms with Crippen molar-refractivity contribution >= 4 is 11.7 Å². The Morgan fingerprint density at radius 3 is 2.71 bits per heavy atom. The molecule has 0 fully saturated rings. The Labute approximate surface area is 124 Å². The third kappa shape index (κ3) is 5.38. The zero-order valence-electron chi connectivity index (χ0n) is 12.4. The zero-order chi connectivity index (χ0) is 15.8. The van der Waals surface area contributed by atoms with E-state index in [0.717, 1.165) is 31.2 Å². The Balaban J connectivity index is 3.04. The van der Waals surface area contributed by atoms with Gasteiger partial charge in [0.05, 0.1) is 4.92 Å². The minimum atomic E-state index is -0.957. The Morgan fingerprint density at radius 2 is 2.14 bits per heavy atom. The van der Waals surface area contributed by atoms with E-state index in [1.54, 1.807) is 19.1 Å². The fraction of sp³-hybridized carbons (Fsp3) is 0.438. The van der Waals surface area contributed by atoms with Gasteiger partial charge in [-0.2, -0.15) is 0 Å². The van der Waals surface area contributed by atoms with Crippen molar-refractivity contribution < 1.29 is 14.8 Å². The minimum absolute atomic E-state index is 0.0365. The summed E-state index contributed by atoms with van der Waals surface area (Å²) in [4.78, 5) is 21.4. The van der Waals surface area contributed by atoms with Gasteiger partial charge in [0.15, 0.2) is 0 Å². The van der Waals surface area contributed by atoms with Crippen molar-refractivity contribution in [1.82, 2.24) is 0 Å². The number of nitro benzene ring substituents is 1. The molecule has 0 aliphatic heterocycles. The molecular weight excluding hydrogens is 270 g/mol. The molecule has 0 bridgehead atoms. The first-order chi connectivity index (χ1) is 9.95. The summed E-state index contributed by atoms with van der Waals surface area (Å²) in [6.07, 6.45) is 5.58. The standard InChI is InChI=1S/C16H21NO4/c1-3-4-5-7-13(10-12(2)16(18)19)14-8-6-9-15(11-14)17(20)21/h6,8-11,13H,3-5,7H2,1-2H3,(H,18,19). The van der Waals surface area contributed by atoms with Gasteiger partial charge in [0.1, 0.15) is 0 Å². The number of unbranched alkanes of at least 4 members (excludes halogenated alkanes) is 2. The van der Waals surface area contributed by atoms with Crippen LogP contribution in [0.15, 0.2) is 35.9 Å². The van der Waals surface area contributed by atoms with Gasteiger partial charge in [-0.3, -0.25) is 10.1 Å². The van der Waals surface area contributed by atoms with E-state index in [2.05, 4.69) is 6.92 Å². The van der Waals surface area contributed by atoms with Crippen molar-refractivity contribution in [2.45, 2.75) is 45.4 Å². The zero-order valence-corrected chi connectivity index (χ0v) is 12.4. The number of carbonyl (C=O) groups is 1. The minimum Gasteiger partial charge on any atom is -0.478 e. The third-order valence-corrected chi connectivity index (χ3v) is 3.42. The van der Waals surface area contributed by atoms with E-state index < -0.39 is 10.9 Å². The second kappa shape index (κ2) is 8.19. The molecule has 0 saturated heterocycles. The molecule has 1 N–H and O–H groups in total. The highest BCUT2D eigenvalue weighted by atomic mass is 16.6. The Bertz CT molecular complexity index is 537.